The van der Waals surface area contributed by atoms with Crippen LogP contribution in [0.15, 0.2) is 0 Å². The second-order valence-corrected chi connectivity index (χ2v) is 9.76. The zero-order valence-corrected chi connectivity index (χ0v) is 20.8. The second-order valence-electron chi connectivity index (χ2n) is 8.42. The zero-order valence-electron chi connectivity index (χ0n) is 20.0. The van der Waals surface area contributed by atoms with E-state index in [0.717, 1.165) is 45.4 Å². The third-order valence-electron chi connectivity index (χ3n) is 5.31. The van der Waals surface area contributed by atoms with Gasteiger partial charge in [0, 0.05) is 13.3 Å². The molecular formula is C21H29F13O2S. The fraction of sp³-hybridized carbons (Fsp3) is 0.952. The molecule has 0 saturated heterocycles. The smallest absolute Gasteiger partial charge is 0.367 e. The molecule has 0 radical (unpaired) electrons. The third kappa shape index (κ3) is 9.06. The van der Waals surface area contributed by atoms with E-state index in [4.69, 9.17) is 4.74 Å². The van der Waals surface area contributed by atoms with Gasteiger partial charge in [-0.25, -0.2) is 0 Å². The van der Waals surface area contributed by atoms with Crippen molar-refractivity contribution in [1.29, 1.82) is 0 Å². The Labute approximate surface area is 210 Å². The number of unbranched alkanes of at least 4 members (excludes halogenated alkanes) is 7. The Balaban J connectivity index is 5.22. The van der Waals surface area contributed by atoms with Crippen molar-refractivity contribution in [2.45, 2.75) is 119 Å². The number of ether oxygens (including phenoxy) is 1. The highest BCUT2D eigenvalue weighted by molar-refractivity contribution is 8.13. The molecule has 0 aliphatic rings. The number of rotatable bonds is 18. The van der Waals surface area contributed by atoms with E-state index in [1.165, 1.54) is 0 Å². The van der Waals surface area contributed by atoms with E-state index in [1.54, 1.807) is 0 Å². The fourth-order valence-electron chi connectivity index (χ4n) is 3.08. The summed E-state index contributed by atoms with van der Waals surface area (Å²) in [6.07, 6.45) is -2.96. The number of thioether (sulfide) groups is 1. The Morgan fingerprint density at radius 2 is 1.11 bits per heavy atom. The Morgan fingerprint density at radius 1 is 0.676 bits per heavy atom. The Kier molecular flexibility index (Phi) is 13.6. The van der Waals surface area contributed by atoms with Gasteiger partial charge >= 0.3 is 35.8 Å². The molecule has 0 bridgehead atoms. The highest BCUT2D eigenvalue weighted by Crippen LogP contribution is 2.60. The van der Waals surface area contributed by atoms with Gasteiger partial charge in [0.15, 0.2) is 5.12 Å². The van der Waals surface area contributed by atoms with Crippen molar-refractivity contribution in [3.8, 4) is 0 Å². The van der Waals surface area contributed by atoms with Crippen LogP contribution in [-0.2, 0) is 9.53 Å². The predicted octanol–water partition coefficient (Wildman–Crippen LogP) is 9.27. The maximum atomic E-state index is 13.9. The summed E-state index contributed by atoms with van der Waals surface area (Å²) in [6, 6.07) is 0. The van der Waals surface area contributed by atoms with Gasteiger partial charge in [0.25, 0.3) is 0 Å². The fourth-order valence-corrected chi connectivity index (χ4v) is 3.90. The number of carbonyl (C=O) groups excluding carboxylic acids is 1. The third-order valence-corrected chi connectivity index (χ3v) is 6.28. The SMILES string of the molecule is CCCCCCCCCCC(OCCC(F)(F)C(F)(F)C(F)(F)C(F)(F)C(F)(F)C(F)(F)F)SC(C)=O. The van der Waals surface area contributed by atoms with Gasteiger partial charge in [0.2, 0.25) is 0 Å². The molecule has 222 valence electrons. The molecule has 0 aliphatic heterocycles. The lowest BCUT2D eigenvalue weighted by atomic mass is 9.93. The van der Waals surface area contributed by atoms with Crippen LogP contribution in [0.4, 0.5) is 57.1 Å². The van der Waals surface area contributed by atoms with Crippen LogP contribution in [0.3, 0.4) is 0 Å². The molecular weight excluding hydrogens is 563 g/mol. The minimum Gasteiger partial charge on any atom is -0.367 e. The molecule has 2 nitrogen and oxygen atoms in total. The van der Waals surface area contributed by atoms with E-state index in [2.05, 4.69) is 0 Å². The molecule has 0 aromatic heterocycles. The van der Waals surface area contributed by atoms with Gasteiger partial charge < -0.3 is 4.74 Å². The molecule has 0 heterocycles. The minimum atomic E-state index is -7.92. The number of hydrogen-bond acceptors (Lipinski definition) is 3. The molecule has 0 aromatic rings. The van der Waals surface area contributed by atoms with E-state index >= 15 is 0 Å². The molecule has 0 spiro atoms. The monoisotopic (exact) mass is 592 g/mol. The average molecular weight is 593 g/mol. The van der Waals surface area contributed by atoms with Crippen molar-refractivity contribution in [3.63, 3.8) is 0 Å². The van der Waals surface area contributed by atoms with Crippen LogP contribution in [0.2, 0.25) is 0 Å². The molecule has 0 rings (SSSR count). The van der Waals surface area contributed by atoms with E-state index in [-0.39, 0.29) is 6.42 Å². The first-order valence-electron chi connectivity index (χ1n) is 11.3. The van der Waals surface area contributed by atoms with E-state index in [0.29, 0.717) is 24.6 Å². The quantitative estimate of drug-likeness (QED) is 0.0902. The summed E-state index contributed by atoms with van der Waals surface area (Å²) in [5.41, 5.74) is -1.20. The summed E-state index contributed by atoms with van der Waals surface area (Å²) in [7, 11) is 0. The maximum absolute atomic E-state index is 13.9. The first kappa shape index (κ1) is 36.1. The zero-order chi connectivity index (χ0) is 29.3. The van der Waals surface area contributed by atoms with Crippen LogP contribution in [0, 0.1) is 0 Å². The van der Waals surface area contributed by atoms with E-state index < -0.39 is 59.4 Å². The Bertz CT molecular complexity index is 696. The predicted molar refractivity (Wildman–Crippen MR) is 111 cm³/mol. The largest absolute Gasteiger partial charge is 0.460 e. The molecule has 37 heavy (non-hydrogen) atoms. The first-order valence-corrected chi connectivity index (χ1v) is 12.2. The van der Waals surface area contributed by atoms with Crippen LogP contribution in [-0.4, -0.2) is 52.9 Å². The average Bonchev–Trinajstić information content (AvgIpc) is 2.73. The lowest BCUT2D eigenvalue weighted by Gasteiger charge is -2.39. The lowest BCUT2D eigenvalue weighted by Crippen LogP contribution is -2.70. The van der Waals surface area contributed by atoms with Crippen molar-refractivity contribution < 1.29 is 66.6 Å². The van der Waals surface area contributed by atoms with Crippen LogP contribution in [0.1, 0.15) is 78.1 Å². The summed E-state index contributed by atoms with van der Waals surface area (Å²) in [6.45, 7) is 1.58. The van der Waals surface area contributed by atoms with Gasteiger partial charge in [-0.2, -0.15) is 57.1 Å². The molecule has 0 amide bonds. The number of carbonyl (C=O) groups is 1. The Hall–Kier alpha value is -0.930. The first-order chi connectivity index (χ1) is 16.6. The van der Waals surface area contributed by atoms with Crippen LogP contribution < -0.4 is 0 Å². The van der Waals surface area contributed by atoms with Gasteiger partial charge in [0.1, 0.15) is 5.44 Å². The summed E-state index contributed by atoms with van der Waals surface area (Å²) in [4.78, 5) is 11.3. The van der Waals surface area contributed by atoms with Gasteiger partial charge in [-0.3, -0.25) is 4.79 Å². The van der Waals surface area contributed by atoms with E-state index in [1.807, 2.05) is 6.92 Å². The maximum Gasteiger partial charge on any atom is 0.460 e. The molecule has 1 atom stereocenters. The molecule has 0 saturated carbocycles. The summed E-state index contributed by atoms with van der Waals surface area (Å²) in [5, 5.41) is -0.581. The van der Waals surface area contributed by atoms with Gasteiger partial charge in [-0.15, -0.1) is 0 Å². The number of hydrogen-bond donors (Lipinski definition) is 0. The van der Waals surface area contributed by atoms with Crippen LogP contribution in [0.5, 0.6) is 0 Å². The molecule has 1 unspecified atom stereocenters. The summed E-state index contributed by atoms with van der Waals surface area (Å²) >= 11 is 0.463. The second kappa shape index (κ2) is 13.9. The van der Waals surface area contributed by atoms with Gasteiger partial charge in [0.05, 0.1) is 6.61 Å². The molecule has 0 aromatic carbocycles. The highest BCUT2D eigenvalue weighted by Gasteiger charge is 2.90. The summed E-state index contributed by atoms with van der Waals surface area (Å²) < 4.78 is 176. The van der Waals surface area contributed by atoms with Crippen LogP contribution in [0.25, 0.3) is 0 Å². The van der Waals surface area contributed by atoms with Gasteiger partial charge in [-0.05, 0) is 12.8 Å². The van der Waals surface area contributed by atoms with Crippen molar-refractivity contribution >= 4 is 16.9 Å². The topological polar surface area (TPSA) is 26.3 Å². The van der Waals surface area contributed by atoms with Crippen molar-refractivity contribution in [1.82, 2.24) is 0 Å². The normalized spacial score (nSPS) is 15.2. The minimum absolute atomic E-state index is 0.0488. The van der Waals surface area contributed by atoms with Crippen molar-refractivity contribution in [2.24, 2.45) is 0 Å². The number of halogens is 13. The van der Waals surface area contributed by atoms with Crippen molar-refractivity contribution in [3.05, 3.63) is 0 Å². The summed E-state index contributed by atoms with van der Waals surface area (Å²) in [5.74, 6) is -37.0. The van der Waals surface area contributed by atoms with Gasteiger partial charge in [-0.1, -0.05) is 63.6 Å². The number of alkyl halides is 13. The lowest BCUT2D eigenvalue weighted by molar-refractivity contribution is -0.440. The molecule has 0 N–H and O–H groups in total. The van der Waals surface area contributed by atoms with Crippen molar-refractivity contribution in [2.75, 3.05) is 6.61 Å². The molecule has 0 fully saturated rings. The van der Waals surface area contributed by atoms with Crippen LogP contribution >= 0.6 is 11.8 Å². The molecule has 16 heteroatoms. The standard InChI is InChI=1S/C21H29F13O2S/c1-3-4-5-6-7-8-9-10-11-15(37-14(2)35)36-13-12-16(22,23)17(24,25)18(26,27)19(28,29)20(30,31)21(32,33)34/h15H,3-13H2,1-2H3. The highest BCUT2D eigenvalue weighted by atomic mass is 32.2. The Morgan fingerprint density at radius 3 is 1.54 bits per heavy atom. The van der Waals surface area contributed by atoms with E-state index in [9.17, 15) is 61.9 Å². The molecule has 0 aliphatic carbocycles.